The normalized spacial score (nSPS) is 23.4. The molecule has 1 aromatic rings. The zero-order valence-electron chi connectivity index (χ0n) is 17.5. The minimum Gasteiger partial charge on any atom is -0.480 e. The summed E-state index contributed by atoms with van der Waals surface area (Å²) in [5, 5.41) is 16.1. The molecule has 0 radical (unpaired) electrons. The summed E-state index contributed by atoms with van der Waals surface area (Å²) >= 11 is 0. The summed E-state index contributed by atoms with van der Waals surface area (Å²) in [6, 6.07) is 7.77. The Balaban J connectivity index is 1.73. The lowest BCUT2D eigenvalue weighted by atomic mass is 10.0. The van der Waals surface area contributed by atoms with Crippen molar-refractivity contribution in [2.45, 2.75) is 63.6 Å². The molecule has 0 unspecified atom stereocenters. The van der Waals surface area contributed by atoms with Gasteiger partial charge in [-0.15, -0.1) is 0 Å². The Kier molecular flexibility index (Phi) is 7.81. The van der Waals surface area contributed by atoms with Crippen LogP contribution < -0.4 is 5.32 Å². The molecule has 0 spiro atoms. The summed E-state index contributed by atoms with van der Waals surface area (Å²) in [6.07, 6.45) is 3.67. The average Bonchev–Trinajstić information content (AvgIpc) is 2.90. The fourth-order valence-corrected chi connectivity index (χ4v) is 4.26. The number of aryl methyl sites for hydroxylation is 1. The van der Waals surface area contributed by atoms with Crippen LogP contribution in [0.2, 0.25) is 0 Å². The second-order valence-electron chi connectivity index (χ2n) is 7.82. The molecule has 30 heavy (non-hydrogen) atoms. The number of carbonyl (C=O) groups is 3. The SMILES string of the molecule is CCOC(=O)[C@@H](CCc1ccccc1)N[C@H]1CCCN2CCC[C@@H](C(=O)O)N2C1=O. The molecule has 164 valence electrons. The largest absolute Gasteiger partial charge is 0.480 e. The standard InChI is InChI=1S/C22H31N3O5/c1-2-30-22(29)18(13-12-16-8-4-3-5-9-16)23-17-10-6-14-24-15-7-11-19(21(27)28)25(24)20(17)26/h3-5,8-9,17-19,23H,2,6-7,10-15H2,1H3,(H,27,28)/t17-,18+,19-/m0/s1. The summed E-state index contributed by atoms with van der Waals surface area (Å²) in [5.74, 6) is -1.64. The molecule has 8 heteroatoms. The molecule has 3 atom stereocenters. The molecule has 1 aromatic carbocycles. The molecule has 0 bridgehead atoms. The van der Waals surface area contributed by atoms with Crippen LogP contribution in [0.25, 0.3) is 0 Å². The van der Waals surface area contributed by atoms with E-state index < -0.39 is 24.1 Å². The van der Waals surface area contributed by atoms with Gasteiger partial charge in [0.1, 0.15) is 12.1 Å². The Bertz CT molecular complexity index is 742. The second kappa shape index (κ2) is 10.5. The molecule has 1 amide bonds. The van der Waals surface area contributed by atoms with Gasteiger partial charge in [-0.3, -0.25) is 19.9 Å². The smallest absolute Gasteiger partial charge is 0.328 e. The molecule has 0 aliphatic carbocycles. The Morgan fingerprint density at radius 1 is 1.20 bits per heavy atom. The lowest BCUT2D eigenvalue weighted by molar-refractivity contribution is -0.174. The number of nitrogens with one attached hydrogen (secondary N) is 1. The predicted octanol–water partition coefficient (Wildman–Crippen LogP) is 1.60. The van der Waals surface area contributed by atoms with E-state index in [0.29, 0.717) is 38.8 Å². The van der Waals surface area contributed by atoms with E-state index in [2.05, 4.69) is 5.32 Å². The van der Waals surface area contributed by atoms with Crippen molar-refractivity contribution in [2.75, 3.05) is 19.7 Å². The summed E-state index contributed by atoms with van der Waals surface area (Å²) in [6.45, 7) is 3.34. The number of carboxylic acids is 1. The van der Waals surface area contributed by atoms with E-state index in [1.807, 2.05) is 35.3 Å². The fourth-order valence-electron chi connectivity index (χ4n) is 4.26. The van der Waals surface area contributed by atoms with Crippen LogP contribution in [0.15, 0.2) is 30.3 Å². The van der Waals surface area contributed by atoms with E-state index in [-0.39, 0.29) is 18.5 Å². The maximum atomic E-state index is 13.3. The molecular formula is C22H31N3O5. The number of carbonyl (C=O) groups excluding carboxylic acids is 2. The number of amides is 1. The number of fused-ring (bicyclic) bond motifs is 1. The van der Waals surface area contributed by atoms with Gasteiger partial charge in [-0.25, -0.2) is 9.80 Å². The van der Waals surface area contributed by atoms with Gasteiger partial charge in [0.15, 0.2) is 0 Å². The zero-order chi connectivity index (χ0) is 21.5. The third-order valence-corrected chi connectivity index (χ3v) is 5.75. The van der Waals surface area contributed by atoms with E-state index in [9.17, 15) is 19.5 Å². The number of ether oxygens (including phenoxy) is 1. The minimum atomic E-state index is -0.986. The van der Waals surface area contributed by atoms with Crippen LogP contribution in [0.4, 0.5) is 0 Å². The quantitative estimate of drug-likeness (QED) is 0.620. The molecule has 2 aliphatic heterocycles. The zero-order valence-corrected chi connectivity index (χ0v) is 17.5. The van der Waals surface area contributed by atoms with Crippen LogP contribution >= 0.6 is 0 Å². The first-order valence-corrected chi connectivity index (χ1v) is 10.8. The number of hydrogen-bond donors (Lipinski definition) is 2. The van der Waals surface area contributed by atoms with Crippen LogP contribution in [-0.2, 0) is 25.5 Å². The number of nitrogens with zero attached hydrogens (tertiary/aromatic N) is 2. The average molecular weight is 418 g/mol. The van der Waals surface area contributed by atoms with Gasteiger partial charge < -0.3 is 9.84 Å². The van der Waals surface area contributed by atoms with Crippen molar-refractivity contribution < 1.29 is 24.2 Å². The number of hydrazine groups is 1. The van der Waals surface area contributed by atoms with Gasteiger partial charge in [0.2, 0.25) is 0 Å². The van der Waals surface area contributed by atoms with Crippen molar-refractivity contribution in [1.29, 1.82) is 0 Å². The topological polar surface area (TPSA) is 99.2 Å². The van der Waals surface area contributed by atoms with Crippen LogP contribution in [0, 0.1) is 0 Å². The van der Waals surface area contributed by atoms with E-state index >= 15 is 0 Å². The third kappa shape index (κ3) is 5.37. The Hall–Kier alpha value is -2.45. The van der Waals surface area contributed by atoms with Gasteiger partial charge in [0.25, 0.3) is 5.91 Å². The number of hydrogen-bond acceptors (Lipinski definition) is 6. The molecule has 3 rings (SSSR count). The van der Waals surface area contributed by atoms with Crippen molar-refractivity contribution in [2.24, 2.45) is 0 Å². The Morgan fingerprint density at radius 2 is 1.90 bits per heavy atom. The van der Waals surface area contributed by atoms with E-state index in [1.54, 1.807) is 6.92 Å². The first-order chi connectivity index (χ1) is 14.5. The first kappa shape index (κ1) is 22.2. The van der Waals surface area contributed by atoms with E-state index in [4.69, 9.17) is 4.74 Å². The molecule has 0 aromatic heterocycles. The lowest BCUT2D eigenvalue weighted by Gasteiger charge is -2.42. The highest BCUT2D eigenvalue weighted by atomic mass is 16.5. The minimum absolute atomic E-state index is 0.266. The van der Waals surface area contributed by atoms with Crippen molar-refractivity contribution in [3.8, 4) is 0 Å². The van der Waals surface area contributed by atoms with Crippen molar-refractivity contribution in [3.63, 3.8) is 0 Å². The maximum absolute atomic E-state index is 13.3. The van der Waals surface area contributed by atoms with Crippen molar-refractivity contribution in [3.05, 3.63) is 35.9 Å². The molecule has 2 saturated heterocycles. The Morgan fingerprint density at radius 3 is 2.57 bits per heavy atom. The van der Waals surface area contributed by atoms with E-state index in [0.717, 1.165) is 18.4 Å². The molecule has 8 nitrogen and oxygen atoms in total. The number of esters is 1. The first-order valence-electron chi connectivity index (χ1n) is 10.8. The number of aliphatic carboxylic acids is 1. The van der Waals surface area contributed by atoms with Gasteiger partial charge in [0, 0.05) is 13.1 Å². The third-order valence-electron chi connectivity index (χ3n) is 5.75. The van der Waals surface area contributed by atoms with Crippen molar-refractivity contribution in [1.82, 2.24) is 15.3 Å². The van der Waals surface area contributed by atoms with Gasteiger partial charge in [-0.2, -0.15) is 0 Å². The molecule has 2 N–H and O–H groups in total. The highest BCUT2D eigenvalue weighted by Crippen LogP contribution is 2.24. The summed E-state index contributed by atoms with van der Waals surface area (Å²) < 4.78 is 5.24. The molecule has 2 heterocycles. The maximum Gasteiger partial charge on any atom is 0.328 e. The van der Waals surface area contributed by atoms with Gasteiger partial charge in [-0.1, -0.05) is 30.3 Å². The van der Waals surface area contributed by atoms with Gasteiger partial charge >= 0.3 is 11.9 Å². The lowest BCUT2D eigenvalue weighted by Crippen LogP contribution is -2.61. The second-order valence-corrected chi connectivity index (χ2v) is 7.82. The van der Waals surface area contributed by atoms with Crippen LogP contribution in [0.3, 0.4) is 0 Å². The molecule has 0 saturated carbocycles. The number of carboxylic acid groups (broad SMARTS) is 1. The van der Waals surface area contributed by atoms with Crippen molar-refractivity contribution >= 4 is 17.8 Å². The van der Waals surface area contributed by atoms with Gasteiger partial charge in [0.05, 0.1) is 12.6 Å². The molecule has 2 fully saturated rings. The van der Waals surface area contributed by atoms with Gasteiger partial charge in [-0.05, 0) is 51.0 Å². The highest BCUT2D eigenvalue weighted by molar-refractivity contribution is 5.87. The molecular weight excluding hydrogens is 386 g/mol. The number of benzene rings is 1. The number of rotatable bonds is 8. The molecule has 2 aliphatic rings. The van der Waals surface area contributed by atoms with Crippen LogP contribution in [0.5, 0.6) is 0 Å². The van der Waals surface area contributed by atoms with E-state index in [1.165, 1.54) is 5.01 Å². The summed E-state index contributed by atoms with van der Waals surface area (Å²) in [7, 11) is 0. The predicted molar refractivity (Wildman–Crippen MR) is 110 cm³/mol. The fraction of sp³-hybridized carbons (Fsp3) is 0.591. The van der Waals surface area contributed by atoms with Crippen LogP contribution in [0.1, 0.15) is 44.6 Å². The highest BCUT2D eigenvalue weighted by Gasteiger charge is 2.42. The Labute approximate surface area is 177 Å². The van der Waals surface area contributed by atoms with Crippen LogP contribution in [-0.4, -0.2) is 70.8 Å². The monoisotopic (exact) mass is 417 g/mol. The summed E-state index contributed by atoms with van der Waals surface area (Å²) in [4.78, 5) is 37.6. The summed E-state index contributed by atoms with van der Waals surface area (Å²) in [5.41, 5.74) is 1.11.